The first kappa shape index (κ1) is 16.4. The van der Waals surface area contributed by atoms with E-state index in [4.69, 9.17) is 4.74 Å². The molecule has 0 bridgehead atoms. The summed E-state index contributed by atoms with van der Waals surface area (Å²) >= 11 is 1.19. The van der Waals surface area contributed by atoms with Crippen molar-refractivity contribution in [2.75, 3.05) is 33.3 Å². The van der Waals surface area contributed by atoms with E-state index in [9.17, 15) is 8.42 Å². The molecule has 0 saturated carbocycles. The lowest BCUT2D eigenvalue weighted by atomic mass is 10.2. The third-order valence-corrected chi connectivity index (χ3v) is 7.37. The number of likely N-dealkylation sites (N-methyl/N-ethyl adjacent to an activating group) is 1. The van der Waals surface area contributed by atoms with Gasteiger partial charge in [0.05, 0.1) is 13.2 Å². The van der Waals surface area contributed by atoms with Crippen LogP contribution in [0, 0.1) is 0 Å². The number of ether oxygens (including phenoxy) is 1. The van der Waals surface area contributed by atoms with Crippen molar-refractivity contribution < 1.29 is 13.2 Å². The van der Waals surface area contributed by atoms with Crippen molar-refractivity contribution >= 4 is 21.4 Å². The lowest BCUT2D eigenvalue weighted by Crippen LogP contribution is -2.50. The van der Waals surface area contributed by atoms with Gasteiger partial charge in [-0.15, -0.1) is 11.3 Å². The van der Waals surface area contributed by atoms with Crippen molar-refractivity contribution in [1.82, 2.24) is 19.2 Å². The number of nitrogens with one attached hydrogen (secondary N) is 1. The molecule has 23 heavy (non-hydrogen) atoms. The molecule has 2 aromatic rings. The fourth-order valence-corrected chi connectivity index (χ4v) is 5.70. The number of imidazole rings is 1. The molecule has 1 saturated heterocycles. The molecule has 1 aliphatic rings. The van der Waals surface area contributed by atoms with Gasteiger partial charge >= 0.3 is 0 Å². The van der Waals surface area contributed by atoms with Crippen LogP contribution in [0.2, 0.25) is 0 Å². The molecule has 7 nitrogen and oxygen atoms in total. The van der Waals surface area contributed by atoms with Crippen LogP contribution in [-0.4, -0.2) is 60.9 Å². The normalized spacial score (nSPS) is 20.7. The summed E-state index contributed by atoms with van der Waals surface area (Å²) in [5.74, 6) is 1.20. The molecule has 3 rings (SSSR count). The van der Waals surface area contributed by atoms with Crippen molar-refractivity contribution in [3.8, 4) is 5.75 Å². The fraction of sp³-hybridized carbons (Fsp3) is 0.500. The van der Waals surface area contributed by atoms with Crippen LogP contribution in [0.3, 0.4) is 0 Å². The van der Waals surface area contributed by atoms with Crippen molar-refractivity contribution in [2.24, 2.45) is 0 Å². The van der Waals surface area contributed by atoms with E-state index in [1.54, 1.807) is 23.8 Å². The fourth-order valence-electron chi connectivity index (χ4n) is 2.85. The molecule has 1 atom stereocenters. The Kier molecular flexibility index (Phi) is 4.72. The summed E-state index contributed by atoms with van der Waals surface area (Å²) in [6.07, 6.45) is 3.46. The minimum Gasteiger partial charge on any atom is -0.494 e. The number of hydrogen-bond donors (Lipinski definition) is 1. The second kappa shape index (κ2) is 6.60. The SMILES string of the molecule is CCN1CCN(S(=O)(=O)c2sccc2OC)CC1c1ncc[nH]1. The van der Waals surface area contributed by atoms with Crippen LogP contribution in [0.15, 0.2) is 28.0 Å². The summed E-state index contributed by atoms with van der Waals surface area (Å²) in [6, 6.07) is 1.62. The number of rotatable bonds is 5. The van der Waals surface area contributed by atoms with Gasteiger partial charge in [-0.3, -0.25) is 4.90 Å². The first-order valence-corrected chi connectivity index (χ1v) is 9.74. The number of methoxy groups -OCH3 is 1. The number of hydrogen-bond acceptors (Lipinski definition) is 6. The van der Waals surface area contributed by atoms with Crippen LogP contribution < -0.4 is 4.74 Å². The first-order valence-electron chi connectivity index (χ1n) is 7.43. The van der Waals surface area contributed by atoms with Crippen LogP contribution in [0.4, 0.5) is 0 Å². The van der Waals surface area contributed by atoms with Crippen LogP contribution in [0.5, 0.6) is 5.75 Å². The monoisotopic (exact) mass is 356 g/mol. The van der Waals surface area contributed by atoms with Gasteiger partial charge in [-0.25, -0.2) is 13.4 Å². The average molecular weight is 356 g/mol. The summed E-state index contributed by atoms with van der Waals surface area (Å²) < 4.78 is 32.9. The van der Waals surface area contributed by atoms with Crippen LogP contribution in [0.1, 0.15) is 18.8 Å². The number of aromatic amines is 1. The Morgan fingerprint density at radius 1 is 1.48 bits per heavy atom. The highest BCUT2D eigenvalue weighted by Gasteiger charge is 2.37. The number of H-pyrrole nitrogens is 1. The second-order valence-electron chi connectivity index (χ2n) is 5.26. The number of sulfonamides is 1. The van der Waals surface area contributed by atoms with Crippen LogP contribution >= 0.6 is 11.3 Å². The average Bonchev–Trinajstić information content (AvgIpc) is 3.25. The predicted octanol–water partition coefficient (Wildman–Crippen LogP) is 1.55. The van der Waals surface area contributed by atoms with E-state index in [-0.39, 0.29) is 10.3 Å². The largest absolute Gasteiger partial charge is 0.494 e. The van der Waals surface area contributed by atoms with Gasteiger partial charge in [0.1, 0.15) is 11.6 Å². The molecule has 0 aliphatic carbocycles. The zero-order valence-corrected chi connectivity index (χ0v) is 14.7. The van der Waals surface area contributed by atoms with Gasteiger partial charge in [-0.05, 0) is 18.0 Å². The molecule has 0 amide bonds. The standard InChI is InChI=1S/C14H20N4O3S2/c1-3-17-7-8-18(10-11(17)13-15-5-6-16-13)23(19,20)14-12(21-2)4-9-22-14/h4-6,9,11H,3,7-8,10H2,1-2H3,(H,15,16). The Morgan fingerprint density at radius 3 is 2.96 bits per heavy atom. The topological polar surface area (TPSA) is 78.5 Å². The molecule has 0 aromatic carbocycles. The van der Waals surface area contributed by atoms with Crippen molar-refractivity contribution in [3.63, 3.8) is 0 Å². The number of thiophene rings is 1. The molecule has 1 fully saturated rings. The summed E-state index contributed by atoms with van der Waals surface area (Å²) in [6.45, 7) is 4.44. The smallest absolute Gasteiger partial charge is 0.256 e. The van der Waals surface area contributed by atoms with E-state index in [0.29, 0.717) is 25.4 Å². The van der Waals surface area contributed by atoms with E-state index in [0.717, 1.165) is 12.4 Å². The molecular formula is C14H20N4O3S2. The number of piperazine rings is 1. The Hall–Kier alpha value is -1.42. The lowest BCUT2D eigenvalue weighted by molar-refractivity contribution is 0.119. The van der Waals surface area contributed by atoms with Gasteiger partial charge < -0.3 is 9.72 Å². The van der Waals surface area contributed by atoms with E-state index in [2.05, 4.69) is 21.8 Å². The van der Waals surface area contributed by atoms with Crippen molar-refractivity contribution in [1.29, 1.82) is 0 Å². The first-order chi connectivity index (χ1) is 11.1. The predicted molar refractivity (Wildman–Crippen MR) is 88.2 cm³/mol. The molecule has 0 radical (unpaired) electrons. The van der Waals surface area contributed by atoms with Gasteiger partial charge in [-0.1, -0.05) is 6.92 Å². The third-order valence-electron chi connectivity index (χ3n) is 4.08. The van der Waals surface area contributed by atoms with Gasteiger partial charge in [0, 0.05) is 32.0 Å². The Morgan fingerprint density at radius 2 is 2.30 bits per heavy atom. The lowest BCUT2D eigenvalue weighted by Gasteiger charge is -2.39. The Bertz CT molecular complexity index is 742. The summed E-state index contributed by atoms with van der Waals surface area (Å²) in [5.41, 5.74) is 0. The van der Waals surface area contributed by atoms with Gasteiger partial charge in [0.15, 0.2) is 4.21 Å². The van der Waals surface area contributed by atoms with Crippen molar-refractivity contribution in [3.05, 3.63) is 29.7 Å². The summed E-state index contributed by atoms with van der Waals surface area (Å²) in [7, 11) is -2.07. The van der Waals surface area contributed by atoms with Crippen LogP contribution in [-0.2, 0) is 10.0 Å². The zero-order chi connectivity index (χ0) is 16.4. The van der Waals surface area contributed by atoms with E-state index >= 15 is 0 Å². The highest BCUT2D eigenvalue weighted by Crippen LogP contribution is 2.34. The van der Waals surface area contributed by atoms with Crippen molar-refractivity contribution in [2.45, 2.75) is 17.2 Å². The minimum atomic E-state index is -3.56. The quantitative estimate of drug-likeness (QED) is 0.879. The van der Waals surface area contributed by atoms with Crippen LogP contribution in [0.25, 0.3) is 0 Å². The maximum absolute atomic E-state index is 12.9. The number of aromatic nitrogens is 2. The molecule has 1 N–H and O–H groups in total. The van der Waals surface area contributed by atoms with Gasteiger partial charge in [-0.2, -0.15) is 4.31 Å². The maximum atomic E-state index is 12.9. The Labute approximate surface area is 140 Å². The van der Waals surface area contributed by atoms with E-state index in [1.165, 1.54) is 22.8 Å². The molecule has 2 aromatic heterocycles. The van der Waals surface area contributed by atoms with E-state index in [1.807, 2.05) is 0 Å². The second-order valence-corrected chi connectivity index (χ2v) is 8.31. The van der Waals surface area contributed by atoms with Gasteiger partial charge in [0.2, 0.25) is 0 Å². The zero-order valence-electron chi connectivity index (χ0n) is 13.1. The molecule has 1 unspecified atom stereocenters. The summed E-state index contributed by atoms with van der Waals surface area (Å²) in [5, 5.41) is 1.73. The molecule has 126 valence electrons. The highest BCUT2D eigenvalue weighted by atomic mass is 32.2. The van der Waals surface area contributed by atoms with Gasteiger partial charge in [0.25, 0.3) is 10.0 Å². The third kappa shape index (κ3) is 3.01. The maximum Gasteiger partial charge on any atom is 0.256 e. The minimum absolute atomic E-state index is 0.0653. The molecule has 3 heterocycles. The van der Waals surface area contributed by atoms with E-state index < -0.39 is 10.0 Å². The molecular weight excluding hydrogens is 336 g/mol. The molecule has 9 heteroatoms. The summed E-state index contributed by atoms with van der Waals surface area (Å²) in [4.78, 5) is 9.65. The Balaban J connectivity index is 1.89. The molecule has 0 spiro atoms. The number of nitrogens with zero attached hydrogens (tertiary/aromatic N) is 3. The highest BCUT2D eigenvalue weighted by molar-refractivity contribution is 7.91. The molecule has 1 aliphatic heterocycles.